The zero-order valence-electron chi connectivity index (χ0n) is 17.3. The number of hydrogen-bond acceptors (Lipinski definition) is 5. The van der Waals surface area contributed by atoms with Gasteiger partial charge in [0, 0.05) is 24.2 Å². The summed E-state index contributed by atoms with van der Waals surface area (Å²) >= 11 is 5.66. The van der Waals surface area contributed by atoms with Gasteiger partial charge in [-0.15, -0.1) is 0 Å². The molecule has 3 aliphatic carbocycles. The van der Waals surface area contributed by atoms with E-state index in [2.05, 4.69) is 21.3 Å². The van der Waals surface area contributed by atoms with E-state index < -0.39 is 5.82 Å². The summed E-state index contributed by atoms with van der Waals surface area (Å²) in [4.78, 5) is 25.2. The highest BCUT2D eigenvalue weighted by Gasteiger charge is 2.57. The summed E-state index contributed by atoms with van der Waals surface area (Å²) in [6.45, 7) is 1.54. The molecular weight excluding hydrogens is 423 g/mol. The van der Waals surface area contributed by atoms with E-state index in [0.717, 1.165) is 38.6 Å². The molecule has 5 fully saturated rings. The minimum absolute atomic E-state index is 0.0117. The van der Waals surface area contributed by atoms with Crippen LogP contribution in [0, 0.1) is 23.6 Å². The van der Waals surface area contributed by atoms with Gasteiger partial charge >= 0.3 is 0 Å². The number of carbonyl (C=O) groups is 2. The van der Waals surface area contributed by atoms with Gasteiger partial charge in [-0.25, -0.2) is 4.39 Å². The molecule has 3 saturated carbocycles. The number of piperidine rings is 1. The number of hydrogen-bond donors (Lipinski definition) is 4. The van der Waals surface area contributed by atoms with Crippen molar-refractivity contribution in [3.63, 3.8) is 0 Å². The molecule has 4 unspecified atom stereocenters. The van der Waals surface area contributed by atoms with Gasteiger partial charge in [0.2, 0.25) is 5.91 Å². The summed E-state index contributed by atoms with van der Waals surface area (Å²) in [5.74, 6) is 0.523. The smallest absolute Gasteiger partial charge is 0.258 e. The lowest BCUT2D eigenvalue weighted by Crippen LogP contribution is -2.53. The zero-order chi connectivity index (χ0) is 21.6. The number of nitrogens with one attached hydrogen (secondary N) is 4. The average Bonchev–Trinajstić information content (AvgIpc) is 3.40. The number of carbonyl (C=O) groups excluding carboxylic acids is 2. The largest absolute Gasteiger partial charge is 0.484 e. The van der Waals surface area contributed by atoms with Gasteiger partial charge in [-0.2, -0.15) is 0 Å². The van der Waals surface area contributed by atoms with Gasteiger partial charge in [0.25, 0.3) is 5.91 Å². The van der Waals surface area contributed by atoms with Crippen molar-refractivity contribution in [1.29, 1.82) is 0 Å². The van der Waals surface area contributed by atoms with Gasteiger partial charge < -0.3 is 26.0 Å². The molecule has 7 nitrogen and oxygen atoms in total. The van der Waals surface area contributed by atoms with Crippen LogP contribution in [0.1, 0.15) is 32.1 Å². The second-order valence-corrected chi connectivity index (χ2v) is 9.91. The van der Waals surface area contributed by atoms with Crippen LogP contribution >= 0.6 is 11.6 Å². The van der Waals surface area contributed by atoms with Crippen LogP contribution in [0.25, 0.3) is 0 Å². The Morgan fingerprint density at radius 1 is 1.23 bits per heavy atom. The van der Waals surface area contributed by atoms with E-state index in [0.29, 0.717) is 24.5 Å². The third kappa shape index (κ3) is 4.25. The van der Waals surface area contributed by atoms with Crippen LogP contribution in [0.2, 0.25) is 5.02 Å². The van der Waals surface area contributed by atoms with Crippen molar-refractivity contribution in [2.24, 2.45) is 17.8 Å². The van der Waals surface area contributed by atoms with Gasteiger partial charge in [-0.05, 0) is 62.6 Å². The Labute approximate surface area is 185 Å². The lowest BCUT2D eigenvalue weighted by atomic mass is 9.76. The van der Waals surface area contributed by atoms with Gasteiger partial charge in [0.05, 0.1) is 17.1 Å². The third-order valence-electron chi connectivity index (χ3n) is 7.37. The van der Waals surface area contributed by atoms with Gasteiger partial charge in [-0.1, -0.05) is 11.6 Å². The standard InChI is InChI=1S/C22H28ClFN4O3/c23-16-2-1-15(6-17(16)24)31-11-19(29)28-22-7-14(8-22)18(9-22)27-21(30)13-5-12-3-4-25-20(12)26-10-13/h1-2,6,12-14,18,20,25-26H,3-5,7-11H2,(H,27,30)(H,28,29). The summed E-state index contributed by atoms with van der Waals surface area (Å²) in [6.07, 6.45) is 4.89. The molecular formula is C22H28ClFN4O3. The maximum Gasteiger partial charge on any atom is 0.258 e. The van der Waals surface area contributed by atoms with Crippen molar-refractivity contribution in [3.05, 3.63) is 29.0 Å². The van der Waals surface area contributed by atoms with Crippen molar-refractivity contribution >= 4 is 23.4 Å². The quantitative estimate of drug-likeness (QED) is 0.528. The molecule has 168 valence electrons. The van der Waals surface area contributed by atoms with Crippen LogP contribution in [0.5, 0.6) is 5.75 Å². The van der Waals surface area contributed by atoms with Crippen LogP contribution in [-0.2, 0) is 9.59 Å². The number of fused-ring (bicyclic) bond motifs is 2. The number of benzene rings is 1. The Hall–Kier alpha value is -1.90. The van der Waals surface area contributed by atoms with Gasteiger partial charge in [-0.3, -0.25) is 9.59 Å². The second-order valence-electron chi connectivity index (χ2n) is 9.50. The van der Waals surface area contributed by atoms with Crippen LogP contribution in [-0.4, -0.2) is 49.3 Å². The van der Waals surface area contributed by atoms with E-state index in [1.807, 2.05) is 0 Å². The highest BCUT2D eigenvalue weighted by molar-refractivity contribution is 6.30. The van der Waals surface area contributed by atoms with Crippen LogP contribution in [0.4, 0.5) is 4.39 Å². The molecule has 1 aromatic rings. The van der Waals surface area contributed by atoms with Crippen molar-refractivity contribution in [1.82, 2.24) is 21.3 Å². The normalized spacial score (nSPS) is 35.7. The minimum Gasteiger partial charge on any atom is -0.484 e. The number of ether oxygens (including phenoxy) is 1. The van der Waals surface area contributed by atoms with Gasteiger partial charge in [0.1, 0.15) is 11.6 Å². The van der Waals surface area contributed by atoms with E-state index in [-0.39, 0.29) is 46.7 Å². The summed E-state index contributed by atoms with van der Waals surface area (Å²) in [7, 11) is 0. The Morgan fingerprint density at radius 2 is 2.06 bits per heavy atom. The van der Waals surface area contributed by atoms with Crippen molar-refractivity contribution in [3.8, 4) is 5.75 Å². The predicted octanol–water partition coefficient (Wildman–Crippen LogP) is 1.56. The first kappa shape index (κ1) is 21.0. The summed E-state index contributed by atoms with van der Waals surface area (Å²) < 4.78 is 18.9. The Bertz CT molecular complexity index is 878. The fourth-order valence-electron chi connectivity index (χ4n) is 5.82. The summed E-state index contributed by atoms with van der Waals surface area (Å²) in [5.41, 5.74) is -0.264. The highest BCUT2D eigenvalue weighted by Crippen LogP contribution is 2.52. The SMILES string of the molecule is O=C(COc1ccc(Cl)c(F)c1)NC12CC(C1)C(NC(=O)C1CNC3NCCC3C1)C2. The molecule has 4 atom stereocenters. The predicted molar refractivity (Wildman–Crippen MR) is 113 cm³/mol. The molecule has 9 heteroatoms. The van der Waals surface area contributed by atoms with E-state index >= 15 is 0 Å². The lowest BCUT2D eigenvalue weighted by Gasteiger charge is -2.39. The first-order valence-corrected chi connectivity index (χ1v) is 11.4. The molecule has 1 aromatic carbocycles. The molecule has 4 N–H and O–H groups in total. The van der Waals surface area contributed by atoms with Crippen molar-refractivity contribution < 1.29 is 18.7 Å². The van der Waals surface area contributed by atoms with E-state index in [9.17, 15) is 14.0 Å². The average molecular weight is 451 g/mol. The van der Waals surface area contributed by atoms with E-state index in [1.165, 1.54) is 18.2 Å². The van der Waals surface area contributed by atoms with Crippen LogP contribution in [0.15, 0.2) is 18.2 Å². The molecule has 5 aliphatic rings. The molecule has 2 bridgehead atoms. The zero-order valence-corrected chi connectivity index (χ0v) is 18.0. The Balaban J connectivity index is 1.08. The molecule has 0 spiro atoms. The maximum absolute atomic E-state index is 13.5. The first-order chi connectivity index (χ1) is 14.9. The Morgan fingerprint density at radius 3 is 2.87 bits per heavy atom. The fraction of sp³-hybridized carbons (Fsp3) is 0.636. The van der Waals surface area contributed by atoms with Crippen molar-refractivity contribution in [2.45, 2.75) is 49.9 Å². The first-order valence-electron chi connectivity index (χ1n) is 11.1. The van der Waals surface area contributed by atoms with Gasteiger partial charge in [0.15, 0.2) is 6.61 Å². The number of amides is 2. The van der Waals surface area contributed by atoms with Crippen molar-refractivity contribution in [2.75, 3.05) is 19.7 Å². The third-order valence-corrected chi connectivity index (χ3v) is 7.68. The second kappa shape index (κ2) is 8.22. The molecule has 0 radical (unpaired) electrons. The molecule has 2 aliphatic heterocycles. The molecule has 2 heterocycles. The van der Waals surface area contributed by atoms with Crippen LogP contribution < -0.4 is 26.0 Å². The summed E-state index contributed by atoms with van der Waals surface area (Å²) in [6, 6.07) is 4.20. The molecule has 2 saturated heterocycles. The molecule has 2 amide bonds. The maximum atomic E-state index is 13.5. The molecule has 31 heavy (non-hydrogen) atoms. The topological polar surface area (TPSA) is 91.5 Å². The number of halogens is 2. The minimum atomic E-state index is -0.581. The monoisotopic (exact) mass is 450 g/mol. The summed E-state index contributed by atoms with van der Waals surface area (Å²) in [5, 5.41) is 13.2. The highest BCUT2D eigenvalue weighted by atomic mass is 35.5. The Kier molecular flexibility index (Phi) is 5.56. The molecule has 6 rings (SSSR count). The number of rotatable bonds is 6. The lowest BCUT2D eigenvalue weighted by molar-refractivity contribution is -0.127. The van der Waals surface area contributed by atoms with E-state index in [4.69, 9.17) is 16.3 Å². The molecule has 0 aromatic heterocycles. The fourth-order valence-corrected chi connectivity index (χ4v) is 5.94. The van der Waals surface area contributed by atoms with E-state index in [1.54, 1.807) is 0 Å². The van der Waals surface area contributed by atoms with Crippen LogP contribution in [0.3, 0.4) is 0 Å².